The third-order valence-corrected chi connectivity index (χ3v) is 11.3. The zero-order valence-electron chi connectivity index (χ0n) is 31.0. The number of hydrogen-bond donors (Lipinski definition) is 0. The van der Waals surface area contributed by atoms with Crippen LogP contribution in [0.5, 0.6) is 0 Å². The summed E-state index contributed by atoms with van der Waals surface area (Å²) in [7, 11) is 0. The zero-order valence-corrected chi connectivity index (χ0v) is 31.0. The maximum atomic E-state index is 6.77. The highest BCUT2D eigenvalue weighted by molar-refractivity contribution is 6.11. The molecule has 10 aromatic rings. The first-order chi connectivity index (χ1) is 28.2. The monoisotopic (exact) mass is 729 g/mol. The van der Waals surface area contributed by atoms with E-state index in [0.29, 0.717) is 11.6 Å². The number of aromatic nitrogens is 3. The van der Waals surface area contributed by atoms with Crippen LogP contribution < -0.4 is 0 Å². The van der Waals surface area contributed by atoms with Crippen molar-refractivity contribution < 1.29 is 4.42 Å². The van der Waals surface area contributed by atoms with Gasteiger partial charge in [-0.3, -0.25) is 0 Å². The fraction of sp³-hybridized carbons (Fsp3) is 0.0377. The van der Waals surface area contributed by atoms with E-state index in [9.17, 15) is 0 Å². The Morgan fingerprint density at radius 3 is 1.74 bits per heavy atom. The number of para-hydroxylation sites is 1. The van der Waals surface area contributed by atoms with E-state index in [4.69, 9.17) is 19.4 Å². The zero-order chi connectivity index (χ0) is 37.7. The van der Waals surface area contributed by atoms with Crippen LogP contribution in [0, 0.1) is 0 Å². The van der Waals surface area contributed by atoms with Gasteiger partial charge < -0.3 is 4.42 Å². The summed E-state index contributed by atoms with van der Waals surface area (Å²) >= 11 is 0. The Morgan fingerprint density at radius 1 is 0.404 bits per heavy atom. The van der Waals surface area contributed by atoms with Crippen molar-refractivity contribution in [2.75, 3.05) is 0 Å². The van der Waals surface area contributed by atoms with Gasteiger partial charge in [0.05, 0.1) is 0 Å². The Hall–Kier alpha value is -7.43. The highest BCUT2D eigenvalue weighted by atomic mass is 16.3. The van der Waals surface area contributed by atoms with E-state index in [1.54, 1.807) is 0 Å². The van der Waals surface area contributed by atoms with Gasteiger partial charge in [-0.2, -0.15) is 0 Å². The first-order valence-corrected chi connectivity index (χ1v) is 19.4. The number of nitrogens with zero attached hydrogens (tertiary/aromatic N) is 3. The quantitative estimate of drug-likeness (QED) is 0.171. The highest BCUT2D eigenvalue weighted by Crippen LogP contribution is 2.45. The molecule has 268 valence electrons. The molecule has 0 saturated carbocycles. The average Bonchev–Trinajstić information content (AvgIpc) is 3.68. The number of furan rings is 1. The van der Waals surface area contributed by atoms with Gasteiger partial charge in [0, 0.05) is 39.3 Å². The minimum absolute atomic E-state index is 0.0519. The summed E-state index contributed by atoms with van der Waals surface area (Å²) in [6, 6.07) is 61.8. The number of fused-ring (bicyclic) bond motifs is 5. The normalized spacial score (nSPS) is 15.2. The van der Waals surface area contributed by atoms with Gasteiger partial charge >= 0.3 is 0 Å². The molecule has 2 unspecified atom stereocenters. The summed E-state index contributed by atoms with van der Waals surface area (Å²) in [5.41, 5.74) is 9.36. The predicted octanol–water partition coefficient (Wildman–Crippen LogP) is 13.7. The summed E-state index contributed by atoms with van der Waals surface area (Å²) in [6.07, 6.45) is 8.76. The lowest BCUT2D eigenvalue weighted by molar-refractivity contribution is 0.665. The number of benzene rings is 8. The van der Waals surface area contributed by atoms with E-state index in [1.165, 1.54) is 27.3 Å². The number of hydrogen-bond acceptors (Lipinski definition) is 4. The second kappa shape index (κ2) is 13.7. The molecule has 2 heterocycles. The van der Waals surface area contributed by atoms with E-state index in [2.05, 4.69) is 194 Å². The molecule has 0 saturated heterocycles. The summed E-state index contributed by atoms with van der Waals surface area (Å²) < 4.78 is 6.77. The first kappa shape index (κ1) is 33.0. The third kappa shape index (κ3) is 5.90. The molecule has 2 atom stereocenters. The van der Waals surface area contributed by atoms with Gasteiger partial charge in [-0.1, -0.05) is 182 Å². The molecule has 0 amide bonds. The third-order valence-electron chi connectivity index (χ3n) is 11.3. The lowest BCUT2D eigenvalue weighted by Crippen LogP contribution is -2.15. The summed E-state index contributed by atoms with van der Waals surface area (Å²) in [5, 5.41) is 6.96. The Labute approximate surface area is 330 Å². The molecule has 0 spiro atoms. The summed E-state index contributed by atoms with van der Waals surface area (Å²) in [4.78, 5) is 15.7. The average molecular weight is 730 g/mol. The molecular weight excluding hydrogens is 695 g/mol. The Kier molecular flexibility index (Phi) is 7.92. The van der Waals surface area contributed by atoms with Gasteiger partial charge in [-0.25, -0.2) is 15.0 Å². The van der Waals surface area contributed by atoms with Gasteiger partial charge in [0.15, 0.2) is 11.6 Å². The van der Waals surface area contributed by atoms with Crippen LogP contribution in [0.25, 0.3) is 88.5 Å². The molecule has 0 radical (unpaired) electrons. The molecule has 57 heavy (non-hydrogen) atoms. The van der Waals surface area contributed by atoms with Crippen molar-refractivity contribution in [1.82, 2.24) is 15.0 Å². The minimum atomic E-state index is -0.154. The molecule has 1 aliphatic rings. The molecule has 8 aromatic carbocycles. The predicted molar refractivity (Wildman–Crippen MR) is 234 cm³/mol. The standard InChI is InChI=1S/C53H35N3O/c1-2-12-34(13-3-1)37-24-28-38(29-25-37)51-54-52(42-31-27-36-15-5-7-17-40(36)33-42)56-53(55-51)46-19-9-8-18-44(46)45-21-11-23-48-49(45)47-22-10-20-43(50(47)57-48)41-30-26-35-14-4-6-16-39(35)32-41/h1-33,44,46H. The lowest BCUT2D eigenvalue weighted by atomic mass is 9.80. The van der Waals surface area contributed by atoms with Crippen LogP contribution in [0.4, 0.5) is 0 Å². The molecule has 0 bridgehead atoms. The second-order valence-corrected chi connectivity index (χ2v) is 14.7. The fourth-order valence-electron chi connectivity index (χ4n) is 8.46. The van der Waals surface area contributed by atoms with Crippen molar-refractivity contribution in [2.45, 2.75) is 11.8 Å². The van der Waals surface area contributed by atoms with Crippen LogP contribution in [-0.2, 0) is 0 Å². The van der Waals surface area contributed by atoms with Crippen molar-refractivity contribution >= 4 is 43.5 Å². The maximum Gasteiger partial charge on any atom is 0.163 e. The van der Waals surface area contributed by atoms with Crippen molar-refractivity contribution in [2.24, 2.45) is 0 Å². The van der Waals surface area contributed by atoms with Crippen molar-refractivity contribution in [3.05, 3.63) is 212 Å². The molecule has 4 heteroatoms. The SMILES string of the molecule is C1=CC(c2nc(-c3ccc(-c4ccccc4)cc3)nc(-c3ccc4ccccc4c3)n2)C(c2cccc3oc4c(-c5ccc6ccccc6c5)cccc4c23)C=C1. The van der Waals surface area contributed by atoms with Gasteiger partial charge in [-0.05, 0) is 62.0 Å². The Morgan fingerprint density at radius 2 is 0.982 bits per heavy atom. The van der Waals surface area contributed by atoms with Crippen LogP contribution in [0.3, 0.4) is 0 Å². The van der Waals surface area contributed by atoms with E-state index in [0.717, 1.165) is 61.0 Å². The van der Waals surface area contributed by atoms with E-state index >= 15 is 0 Å². The number of rotatable bonds is 6. The maximum absolute atomic E-state index is 6.77. The van der Waals surface area contributed by atoms with Gasteiger partial charge in [-0.15, -0.1) is 0 Å². The van der Waals surface area contributed by atoms with E-state index in [-0.39, 0.29) is 11.8 Å². The van der Waals surface area contributed by atoms with E-state index < -0.39 is 0 Å². The number of allylic oxidation sites excluding steroid dienone is 4. The minimum Gasteiger partial charge on any atom is -0.455 e. The van der Waals surface area contributed by atoms with Crippen LogP contribution >= 0.6 is 0 Å². The van der Waals surface area contributed by atoms with Gasteiger partial charge in [0.25, 0.3) is 0 Å². The van der Waals surface area contributed by atoms with Crippen LogP contribution in [-0.4, -0.2) is 15.0 Å². The topological polar surface area (TPSA) is 51.8 Å². The fourth-order valence-corrected chi connectivity index (χ4v) is 8.46. The van der Waals surface area contributed by atoms with Crippen molar-refractivity contribution in [3.63, 3.8) is 0 Å². The van der Waals surface area contributed by atoms with Crippen LogP contribution in [0.2, 0.25) is 0 Å². The molecule has 4 nitrogen and oxygen atoms in total. The summed E-state index contributed by atoms with van der Waals surface area (Å²) in [5.74, 6) is 1.82. The molecule has 2 aromatic heterocycles. The highest BCUT2D eigenvalue weighted by Gasteiger charge is 2.29. The summed E-state index contributed by atoms with van der Waals surface area (Å²) in [6.45, 7) is 0. The lowest BCUT2D eigenvalue weighted by Gasteiger charge is -2.25. The van der Waals surface area contributed by atoms with Crippen LogP contribution in [0.15, 0.2) is 205 Å². The van der Waals surface area contributed by atoms with E-state index in [1.807, 2.05) is 6.07 Å². The molecular formula is C53H35N3O. The Bertz CT molecular complexity index is 3200. The van der Waals surface area contributed by atoms with Gasteiger partial charge in [0.1, 0.15) is 17.0 Å². The smallest absolute Gasteiger partial charge is 0.163 e. The molecule has 0 N–H and O–H groups in total. The molecule has 0 fully saturated rings. The van der Waals surface area contributed by atoms with Crippen LogP contribution in [0.1, 0.15) is 23.2 Å². The molecule has 11 rings (SSSR count). The largest absolute Gasteiger partial charge is 0.455 e. The molecule has 0 aliphatic heterocycles. The molecule has 1 aliphatic carbocycles. The van der Waals surface area contributed by atoms with Crippen molar-refractivity contribution in [1.29, 1.82) is 0 Å². The Balaban J connectivity index is 1.05. The first-order valence-electron chi connectivity index (χ1n) is 19.4. The second-order valence-electron chi connectivity index (χ2n) is 14.7. The van der Waals surface area contributed by atoms with Gasteiger partial charge in [0.2, 0.25) is 0 Å². The van der Waals surface area contributed by atoms with Crippen molar-refractivity contribution in [3.8, 4) is 45.0 Å².